The molecule has 1 aromatic rings. The molecule has 2 amide bonds. The number of nitrogens with zero attached hydrogens (tertiary/aromatic N) is 1. The topological polar surface area (TPSA) is 41.6 Å². The predicted molar refractivity (Wildman–Crippen MR) is 76.6 cm³/mol. The lowest BCUT2D eigenvalue weighted by Crippen LogP contribution is -2.36. The lowest BCUT2D eigenvalue weighted by molar-refractivity contribution is 0.0592. The Bertz CT molecular complexity index is 416. The summed E-state index contributed by atoms with van der Waals surface area (Å²) in [6.45, 7) is 2.37. The summed E-state index contributed by atoms with van der Waals surface area (Å²) in [5.41, 5.74) is 0.758. The molecule has 0 unspecified atom stereocenters. The molecule has 0 spiro atoms. The number of carbonyl (C=O) groups is 1. The summed E-state index contributed by atoms with van der Waals surface area (Å²) in [4.78, 5) is 13.7. The highest BCUT2D eigenvalue weighted by atomic mass is 35.5. The molecule has 1 fully saturated rings. The van der Waals surface area contributed by atoms with Gasteiger partial charge in [-0.3, -0.25) is 0 Å². The summed E-state index contributed by atoms with van der Waals surface area (Å²) >= 11 is 5.80. The van der Waals surface area contributed by atoms with Crippen molar-refractivity contribution in [2.75, 3.05) is 32.1 Å². The molecule has 0 bridgehead atoms. The van der Waals surface area contributed by atoms with Gasteiger partial charge in [0.05, 0.1) is 0 Å². The second-order valence-electron chi connectivity index (χ2n) is 4.87. The maximum Gasteiger partial charge on any atom is 0.321 e. The van der Waals surface area contributed by atoms with Crippen molar-refractivity contribution < 1.29 is 9.53 Å². The molecule has 1 aliphatic rings. The van der Waals surface area contributed by atoms with Crippen molar-refractivity contribution in [3.63, 3.8) is 0 Å². The SMILES string of the molecule is CN(CC1CCOCC1)C(=O)Nc1ccc(Cl)cc1. The summed E-state index contributed by atoms with van der Waals surface area (Å²) in [6.07, 6.45) is 2.05. The van der Waals surface area contributed by atoms with Crippen molar-refractivity contribution in [3.8, 4) is 0 Å². The third kappa shape index (κ3) is 4.40. The second-order valence-corrected chi connectivity index (χ2v) is 5.31. The van der Waals surface area contributed by atoms with E-state index in [0.29, 0.717) is 10.9 Å². The summed E-state index contributed by atoms with van der Waals surface area (Å²) in [7, 11) is 1.82. The maximum atomic E-state index is 12.0. The van der Waals surface area contributed by atoms with Gasteiger partial charge in [0.2, 0.25) is 0 Å². The highest BCUT2D eigenvalue weighted by Crippen LogP contribution is 2.17. The number of rotatable bonds is 3. The molecule has 104 valence electrons. The molecule has 1 saturated heterocycles. The molecule has 5 heteroatoms. The molecule has 2 rings (SSSR count). The fraction of sp³-hybridized carbons (Fsp3) is 0.500. The first-order valence-electron chi connectivity index (χ1n) is 6.50. The molecule has 0 aliphatic carbocycles. The summed E-state index contributed by atoms with van der Waals surface area (Å²) in [5, 5.41) is 3.52. The Morgan fingerprint density at radius 3 is 2.63 bits per heavy atom. The van der Waals surface area contributed by atoms with Gasteiger partial charge in [-0.2, -0.15) is 0 Å². The molecule has 0 aromatic heterocycles. The minimum Gasteiger partial charge on any atom is -0.381 e. The van der Waals surface area contributed by atoms with Crippen molar-refractivity contribution in [2.45, 2.75) is 12.8 Å². The van der Waals surface area contributed by atoms with E-state index in [2.05, 4.69) is 5.32 Å². The van der Waals surface area contributed by atoms with Crippen molar-refractivity contribution in [3.05, 3.63) is 29.3 Å². The third-order valence-electron chi connectivity index (χ3n) is 3.32. The number of hydrogen-bond acceptors (Lipinski definition) is 2. The summed E-state index contributed by atoms with van der Waals surface area (Å²) in [5.74, 6) is 0.537. The number of urea groups is 1. The fourth-order valence-corrected chi connectivity index (χ4v) is 2.28. The van der Waals surface area contributed by atoms with Crippen LogP contribution in [0.5, 0.6) is 0 Å². The van der Waals surface area contributed by atoms with Crippen LogP contribution >= 0.6 is 11.6 Å². The summed E-state index contributed by atoms with van der Waals surface area (Å²) < 4.78 is 5.32. The van der Waals surface area contributed by atoms with E-state index in [1.165, 1.54) is 0 Å². The first-order valence-corrected chi connectivity index (χ1v) is 6.88. The molecule has 19 heavy (non-hydrogen) atoms. The molecular formula is C14H19ClN2O2. The van der Waals surface area contributed by atoms with E-state index >= 15 is 0 Å². The molecule has 1 aliphatic heterocycles. The Kier molecular flexibility index (Phi) is 5.05. The minimum absolute atomic E-state index is 0.0891. The van der Waals surface area contributed by atoms with E-state index in [-0.39, 0.29) is 6.03 Å². The number of hydrogen-bond donors (Lipinski definition) is 1. The molecule has 1 heterocycles. The number of halogens is 1. The largest absolute Gasteiger partial charge is 0.381 e. The Morgan fingerprint density at radius 2 is 2.00 bits per heavy atom. The highest BCUT2D eigenvalue weighted by molar-refractivity contribution is 6.30. The second kappa shape index (κ2) is 6.78. The molecule has 1 aromatic carbocycles. The van der Waals surface area contributed by atoms with Crippen LogP contribution in [0, 0.1) is 5.92 Å². The average molecular weight is 283 g/mol. The van der Waals surface area contributed by atoms with Crippen molar-refractivity contribution >= 4 is 23.3 Å². The van der Waals surface area contributed by atoms with Crippen molar-refractivity contribution in [1.82, 2.24) is 4.90 Å². The molecule has 1 N–H and O–H groups in total. The molecule has 0 atom stereocenters. The lowest BCUT2D eigenvalue weighted by Gasteiger charge is -2.27. The molecule has 0 saturated carbocycles. The van der Waals surface area contributed by atoms with Crippen LogP contribution in [0.1, 0.15) is 12.8 Å². The van der Waals surface area contributed by atoms with Gasteiger partial charge in [-0.05, 0) is 43.0 Å². The zero-order valence-electron chi connectivity index (χ0n) is 11.1. The van der Waals surface area contributed by atoms with Gasteiger partial charge < -0.3 is 15.0 Å². The average Bonchev–Trinajstić information content (AvgIpc) is 2.42. The summed E-state index contributed by atoms with van der Waals surface area (Å²) in [6, 6.07) is 7.02. The van der Waals surface area contributed by atoms with Crippen molar-refractivity contribution in [2.24, 2.45) is 5.92 Å². The number of anilines is 1. The number of nitrogens with one attached hydrogen (secondary N) is 1. The van der Waals surface area contributed by atoms with E-state index < -0.39 is 0 Å². The van der Waals surface area contributed by atoms with Crippen LogP contribution in [0.2, 0.25) is 5.02 Å². The molecular weight excluding hydrogens is 264 g/mol. The minimum atomic E-state index is -0.0891. The smallest absolute Gasteiger partial charge is 0.321 e. The van der Waals surface area contributed by atoms with Gasteiger partial charge in [0.15, 0.2) is 0 Å². The molecule has 4 nitrogen and oxygen atoms in total. The predicted octanol–water partition coefficient (Wildman–Crippen LogP) is 3.23. The first kappa shape index (κ1) is 14.2. The van der Waals surface area contributed by atoms with Crippen LogP contribution in [0.25, 0.3) is 0 Å². The monoisotopic (exact) mass is 282 g/mol. The van der Waals surface area contributed by atoms with Gasteiger partial charge in [0, 0.05) is 37.5 Å². The van der Waals surface area contributed by atoms with Gasteiger partial charge in [0.25, 0.3) is 0 Å². The number of ether oxygens (including phenoxy) is 1. The fourth-order valence-electron chi connectivity index (χ4n) is 2.15. The van der Waals surface area contributed by atoms with E-state index in [1.807, 2.05) is 7.05 Å². The van der Waals surface area contributed by atoms with Crippen LogP contribution < -0.4 is 5.32 Å². The van der Waals surface area contributed by atoms with Crippen LogP contribution in [0.3, 0.4) is 0 Å². The Labute approximate surface area is 118 Å². The molecule has 0 radical (unpaired) electrons. The van der Waals surface area contributed by atoms with Crippen LogP contribution in [-0.4, -0.2) is 37.7 Å². The van der Waals surface area contributed by atoms with Gasteiger partial charge in [0.1, 0.15) is 0 Å². The first-order chi connectivity index (χ1) is 9.15. The Hall–Kier alpha value is -1.26. The normalized spacial score (nSPS) is 16.1. The number of carbonyl (C=O) groups excluding carboxylic acids is 1. The van der Waals surface area contributed by atoms with Gasteiger partial charge >= 0.3 is 6.03 Å². The van der Waals surface area contributed by atoms with E-state index in [1.54, 1.807) is 29.2 Å². The zero-order valence-corrected chi connectivity index (χ0v) is 11.8. The quantitative estimate of drug-likeness (QED) is 0.925. The number of benzene rings is 1. The maximum absolute atomic E-state index is 12.0. The van der Waals surface area contributed by atoms with Crippen LogP contribution in [-0.2, 0) is 4.74 Å². The van der Waals surface area contributed by atoms with E-state index in [4.69, 9.17) is 16.3 Å². The standard InChI is InChI=1S/C14H19ClN2O2/c1-17(10-11-6-8-19-9-7-11)14(18)16-13-4-2-12(15)3-5-13/h2-5,11H,6-10H2,1H3,(H,16,18). The van der Waals surface area contributed by atoms with E-state index in [0.717, 1.165) is 38.3 Å². The van der Waals surface area contributed by atoms with Gasteiger partial charge in [-0.1, -0.05) is 11.6 Å². The lowest BCUT2D eigenvalue weighted by atomic mass is 10.00. The third-order valence-corrected chi connectivity index (χ3v) is 3.57. The Balaban J connectivity index is 1.83. The van der Waals surface area contributed by atoms with Gasteiger partial charge in [-0.15, -0.1) is 0 Å². The zero-order chi connectivity index (χ0) is 13.7. The Morgan fingerprint density at radius 1 is 1.37 bits per heavy atom. The van der Waals surface area contributed by atoms with E-state index in [9.17, 15) is 4.79 Å². The van der Waals surface area contributed by atoms with Crippen molar-refractivity contribution in [1.29, 1.82) is 0 Å². The highest BCUT2D eigenvalue weighted by Gasteiger charge is 2.18. The van der Waals surface area contributed by atoms with Gasteiger partial charge in [-0.25, -0.2) is 4.79 Å². The number of amides is 2. The van der Waals surface area contributed by atoms with Crippen LogP contribution in [0.4, 0.5) is 10.5 Å². The van der Waals surface area contributed by atoms with Crippen LogP contribution in [0.15, 0.2) is 24.3 Å².